The summed E-state index contributed by atoms with van der Waals surface area (Å²) in [4.78, 5) is 12.3. The van der Waals surface area contributed by atoms with Crippen LogP contribution >= 0.6 is 11.6 Å². The third-order valence-corrected chi connectivity index (χ3v) is 4.45. The molecule has 90 valence electrons. The Morgan fingerprint density at radius 3 is 2.71 bits per heavy atom. The summed E-state index contributed by atoms with van der Waals surface area (Å²) in [5, 5.41) is 7.04. The van der Waals surface area contributed by atoms with E-state index >= 15 is 0 Å². The molecule has 17 heavy (non-hydrogen) atoms. The highest BCUT2D eigenvalue weighted by molar-refractivity contribution is 6.32. The average Bonchev–Trinajstić information content (AvgIpc) is 2.60. The van der Waals surface area contributed by atoms with Crippen LogP contribution in [-0.2, 0) is 10.2 Å². The van der Waals surface area contributed by atoms with Crippen LogP contribution in [0.5, 0.6) is 0 Å². The highest BCUT2D eigenvalue weighted by atomic mass is 35.5. The van der Waals surface area contributed by atoms with Gasteiger partial charge in [-0.25, -0.2) is 0 Å². The van der Waals surface area contributed by atoms with Crippen LogP contribution in [0.25, 0.3) is 0 Å². The molecule has 2 aliphatic rings. The Bertz CT molecular complexity index is 492. The lowest BCUT2D eigenvalue weighted by Crippen LogP contribution is -2.44. The molecule has 2 aliphatic heterocycles. The van der Waals surface area contributed by atoms with Gasteiger partial charge in [0.15, 0.2) is 0 Å². The summed E-state index contributed by atoms with van der Waals surface area (Å²) < 4.78 is 0. The maximum absolute atomic E-state index is 12.3. The predicted molar refractivity (Wildman–Crippen MR) is 68.6 cm³/mol. The van der Waals surface area contributed by atoms with Crippen molar-refractivity contribution in [3.05, 3.63) is 28.3 Å². The first kappa shape index (κ1) is 11.1. The van der Waals surface area contributed by atoms with Crippen LogP contribution in [-0.4, -0.2) is 19.0 Å². The van der Waals surface area contributed by atoms with Gasteiger partial charge in [0, 0.05) is 10.7 Å². The molecule has 1 saturated heterocycles. The number of amides is 1. The summed E-state index contributed by atoms with van der Waals surface area (Å²) >= 11 is 6.10. The molecule has 0 unspecified atom stereocenters. The molecule has 0 radical (unpaired) electrons. The van der Waals surface area contributed by atoms with Crippen molar-refractivity contribution in [2.45, 2.75) is 25.2 Å². The summed E-state index contributed by atoms with van der Waals surface area (Å²) in [6.45, 7) is 3.75. The molecular weight excluding hydrogens is 236 g/mol. The minimum atomic E-state index is -0.323. The number of anilines is 1. The largest absolute Gasteiger partial charge is 0.325 e. The number of piperidine rings is 1. The maximum Gasteiger partial charge on any atom is 0.235 e. The molecule has 0 aliphatic carbocycles. The number of benzene rings is 1. The molecule has 0 bridgehead atoms. The van der Waals surface area contributed by atoms with Gasteiger partial charge in [-0.3, -0.25) is 4.79 Å². The molecule has 2 heterocycles. The lowest BCUT2D eigenvalue weighted by Gasteiger charge is -2.32. The number of nitrogens with one attached hydrogen (secondary N) is 2. The highest BCUT2D eigenvalue weighted by Gasteiger charge is 2.47. The normalized spacial score (nSPS) is 21.4. The van der Waals surface area contributed by atoms with Crippen molar-refractivity contribution >= 4 is 23.2 Å². The van der Waals surface area contributed by atoms with E-state index in [0.717, 1.165) is 47.8 Å². The Hall–Kier alpha value is -1.06. The van der Waals surface area contributed by atoms with Gasteiger partial charge < -0.3 is 10.6 Å². The van der Waals surface area contributed by atoms with Crippen molar-refractivity contribution in [1.82, 2.24) is 5.32 Å². The van der Waals surface area contributed by atoms with E-state index in [0.29, 0.717) is 0 Å². The molecule has 1 amide bonds. The van der Waals surface area contributed by atoms with E-state index in [-0.39, 0.29) is 11.3 Å². The fourth-order valence-electron chi connectivity index (χ4n) is 2.95. The van der Waals surface area contributed by atoms with Crippen LogP contribution in [0.1, 0.15) is 24.0 Å². The molecule has 3 rings (SSSR count). The Morgan fingerprint density at radius 1 is 1.29 bits per heavy atom. The van der Waals surface area contributed by atoms with Crippen LogP contribution in [0.4, 0.5) is 5.69 Å². The van der Waals surface area contributed by atoms with Crippen LogP contribution in [0.15, 0.2) is 12.1 Å². The molecule has 1 fully saturated rings. The summed E-state index contributed by atoms with van der Waals surface area (Å²) in [6, 6.07) is 3.91. The second-order valence-corrected chi connectivity index (χ2v) is 5.29. The van der Waals surface area contributed by atoms with Crippen LogP contribution in [0, 0.1) is 6.92 Å². The summed E-state index contributed by atoms with van der Waals surface area (Å²) in [7, 11) is 0. The van der Waals surface area contributed by atoms with E-state index in [1.807, 2.05) is 19.1 Å². The molecular formula is C13H15ClN2O. The van der Waals surface area contributed by atoms with Crippen molar-refractivity contribution in [1.29, 1.82) is 0 Å². The Labute approximate surface area is 106 Å². The van der Waals surface area contributed by atoms with Gasteiger partial charge in [0.2, 0.25) is 5.91 Å². The summed E-state index contributed by atoms with van der Waals surface area (Å²) in [5.41, 5.74) is 2.72. The second kappa shape index (κ2) is 3.72. The van der Waals surface area contributed by atoms with Gasteiger partial charge in [-0.1, -0.05) is 17.7 Å². The van der Waals surface area contributed by atoms with E-state index in [9.17, 15) is 4.79 Å². The lowest BCUT2D eigenvalue weighted by atomic mass is 9.74. The first-order valence-electron chi connectivity index (χ1n) is 5.97. The van der Waals surface area contributed by atoms with Crippen LogP contribution in [0.2, 0.25) is 5.02 Å². The molecule has 0 aromatic heterocycles. The highest BCUT2D eigenvalue weighted by Crippen LogP contribution is 2.46. The zero-order valence-electron chi connectivity index (χ0n) is 9.77. The van der Waals surface area contributed by atoms with E-state index < -0.39 is 0 Å². The molecule has 4 heteroatoms. The second-order valence-electron chi connectivity index (χ2n) is 4.88. The first-order chi connectivity index (χ1) is 8.15. The standard InChI is InChI=1S/C13H15ClN2O/c1-8-10(14)3-2-9-11(8)16-12(17)13(9)4-6-15-7-5-13/h2-3,15H,4-7H2,1H3,(H,16,17). The van der Waals surface area contributed by atoms with Gasteiger partial charge in [0.1, 0.15) is 0 Å². The maximum atomic E-state index is 12.3. The van der Waals surface area contributed by atoms with E-state index in [1.54, 1.807) is 0 Å². The number of fused-ring (bicyclic) bond motifs is 2. The number of hydrogen-bond donors (Lipinski definition) is 2. The van der Waals surface area contributed by atoms with Gasteiger partial charge in [-0.2, -0.15) is 0 Å². The summed E-state index contributed by atoms with van der Waals surface area (Å²) in [6.07, 6.45) is 1.74. The van der Waals surface area contributed by atoms with Crippen molar-refractivity contribution in [3.8, 4) is 0 Å². The molecule has 1 spiro atoms. The van der Waals surface area contributed by atoms with Crippen molar-refractivity contribution in [2.75, 3.05) is 18.4 Å². The number of halogens is 1. The zero-order valence-corrected chi connectivity index (χ0v) is 10.5. The first-order valence-corrected chi connectivity index (χ1v) is 6.35. The quantitative estimate of drug-likeness (QED) is 0.741. The van der Waals surface area contributed by atoms with Crippen molar-refractivity contribution in [2.24, 2.45) is 0 Å². The van der Waals surface area contributed by atoms with Crippen LogP contribution < -0.4 is 10.6 Å². The molecule has 1 aromatic rings. The minimum Gasteiger partial charge on any atom is -0.325 e. The fourth-order valence-corrected chi connectivity index (χ4v) is 3.11. The average molecular weight is 251 g/mol. The smallest absolute Gasteiger partial charge is 0.235 e. The van der Waals surface area contributed by atoms with Gasteiger partial charge in [-0.05, 0) is 50.0 Å². The summed E-state index contributed by atoms with van der Waals surface area (Å²) in [5.74, 6) is 0.138. The van der Waals surface area contributed by atoms with Gasteiger partial charge >= 0.3 is 0 Å². The van der Waals surface area contributed by atoms with Crippen molar-refractivity contribution < 1.29 is 4.79 Å². The number of carbonyl (C=O) groups is 1. The monoisotopic (exact) mass is 250 g/mol. The van der Waals surface area contributed by atoms with Crippen LogP contribution in [0.3, 0.4) is 0 Å². The number of hydrogen-bond acceptors (Lipinski definition) is 2. The Morgan fingerprint density at radius 2 is 2.00 bits per heavy atom. The minimum absolute atomic E-state index is 0.138. The molecule has 1 aromatic carbocycles. The van der Waals surface area contributed by atoms with Gasteiger partial charge in [-0.15, -0.1) is 0 Å². The Kier molecular flexibility index (Phi) is 2.42. The third kappa shape index (κ3) is 1.42. The molecule has 2 N–H and O–H groups in total. The zero-order chi connectivity index (χ0) is 12.0. The van der Waals surface area contributed by atoms with E-state index in [4.69, 9.17) is 11.6 Å². The Balaban J connectivity index is 2.16. The fraction of sp³-hybridized carbons (Fsp3) is 0.462. The number of rotatable bonds is 0. The number of carbonyl (C=O) groups excluding carboxylic acids is 1. The van der Waals surface area contributed by atoms with Gasteiger partial charge in [0.25, 0.3) is 0 Å². The molecule has 3 nitrogen and oxygen atoms in total. The SMILES string of the molecule is Cc1c(Cl)ccc2c1NC(=O)C21CCNCC1. The van der Waals surface area contributed by atoms with E-state index in [1.165, 1.54) is 0 Å². The topological polar surface area (TPSA) is 41.1 Å². The lowest BCUT2D eigenvalue weighted by molar-refractivity contribution is -0.121. The third-order valence-electron chi connectivity index (χ3n) is 4.04. The molecule has 0 saturated carbocycles. The van der Waals surface area contributed by atoms with Gasteiger partial charge in [0.05, 0.1) is 5.41 Å². The van der Waals surface area contributed by atoms with E-state index in [2.05, 4.69) is 10.6 Å². The van der Waals surface area contributed by atoms with Crippen molar-refractivity contribution in [3.63, 3.8) is 0 Å². The predicted octanol–water partition coefficient (Wildman–Crippen LogP) is 2.22. The molecule has 0 atom stereocenters.